The number of hydrogen-bond donors (Lipinski definition) is 1. The van der Waals surface area contributed by atoms with Crippen LogP contribution in [-0.4, -0.2) is 37.6 Å². The van der Waals surface area contributed by atoms with Crippen LogP contribution in [0.1, 0.15) is 11.6 Å². The molecule has 1 aromatic carbocycles. The Hall–Kier alpha value is -1.45. The molecule has 0 radical (unpaired) electrons. The Bertz CT molecular complexity index is 494. The van der Waals surface area contributed by atoms with Crippen LogP contribution >= 0.6 is 0 Å². The molecular formula is C14H19N3. The number of nitrogens with zero attached hydrogens (tertiary/aromatic N) is 2. The molecule has 0 saturated heterocycles. The fraction of sp³-hybridized carbons (Fsp3) is 0.357. The van der Waals surface area contributed by atoms with Gasteiger partial charge in [-0.25, -0.2) is 0 Å². The summed E-state index contributed by atoms with van der Waals surface area (Å²) in [5, 5.41) is 4.54. The van der Waals surface area contributed by atoms with E-state index in [1.54, 1.807) is 0 Å². The number of rotatable bonds is 4. The van der Waals surface area contributed by atoms with Crippen LogP contribution in [0.5, 0.6) is 0 Å². The van der Waals surface area contributed by atoms with E-state index in [-0.39, 0.29) is 0 Å². The van der Waals surface area contributed by atoms with Gasteiger partial charge in [0.15, 0.2) is 0 Å². The van der Waals surface area contributed by atoms with E-state index in [0.29, 0.717) is 6.04 Å². The molecule has 0 aliphatic carbocycles. The number of benzene rings is 1. The second-order valence-electron chi connectivity index (χ2n) is 4.56. The third-order valence-corrected chi connectivity index (χ3v) is 2.93. The highest BCUT2D eigenvalue weighted by Gasteiger charge is 2.10. The number of hydrogen-bond acceptors (Lipinski definition) is 3. The maximum absolute atomic E-state index is 4.40. The molecule has 90 valence electrons. The van der Waals surface area contributed by atoms with Gasteiger partial charge in [-0.2, -0.15) is 0 Å². The van der Waals surface area contributed by atoms with Crippen molar-refractivity contribution in [1.82, 2.24) is 15.2 Å². The fourth-order valence-corrected chi connectivity index (χ4v) is 2.03. The van der Waals surface area contributed by atoms with Crippen LogP contribution in [0, 0.1) is 0 Å². The van der Waals surface area contributed by atoms with E-state index in [2.05, 4.69) is 53.6 Å². The number of fused-ring (bicyclic) bond motifs is 1. The maximum atomic E-state index is 4.40. The molecule has 1 N–H and O–H groups in total. The van der Waals surface area contributed by atoms with Gasteiger partial charge in [-0.3, -0.25) is 4.98 Å². The summed E-state index contributed by atoms with van der Waals surface area (Å²) in [6.45, 7) is 0.981. The lowest BCUT2D eigenvalue weighted by molar-refractivity contribution is 0.353. The summed E-state index contributed by atoms with van der Waals surface area (Å²) in [6, 6.07) is 10.9. The van der Waals surface area contributed by atoms with Crippen LogP contribution in [-0.2, 0) is 0 Å². The van der Waals surface area contributed by atoms with E-state index in [1.807, 2.05) is 19.3 Å². The zero-order valence-corrected chi connectivity index (χ0v) is 10.6. The summed E-state index contributed by atoms with van der Waals surface area (Å²) in [5.41, 5.74) is 2.34. The fourth-order valence-electron chi connectivity index (χ4n) is 2.03. The summed E-state index contributed by atoms with van der Waals surface area (Å²) in [4.78, 5) is 6.58. The minimum atomic E-state index is 0.344. The van der Waals surface area contributed by atoms with Crippen molar-refractivity contribution < 1.29 is 0 Å². The van der Waals surface area contributed by atoms with E-state index >= 15 is 0 Å². The Kier molecular flexibility index (Phi) is 3.71. The average molecular weight is 229 g/mol. The van der Waals surface area contributed by atoms with Gasteiger partial charge in [0.25, 0.3) is 0 Å². The van der Waals surface area contributed by atoms with Gasteiger partial charge >= 0.3 is 0 Å². The van der Waals surface area contributed by atoms with Crippen molar-refractivity contribution in [1.29, 1.82) is 0 Å². The molecule has 2 aromatic rings. The summed E-state index contributed by atoms with van der Waals surface area (Å²) in [7, 11) is 6.17. The van der Waals surface area contributed by atoms with E-state index in [1.165, 1.54) is 10.9 Å². The molecule has 3 nitrogen and oxygen atoms in total. The van der Waals surface area contributed by atoms with E-state index < -0.39 is 0 Å². The summed E-state index contributed by atoms with van der Waals surface area (Å²) >= 11 is 0. The Morgan fingerprint density at radius 3 is 2.82 bits per heavy atom. The standard InChI is InChI=1S/C14H19N3/c1-15-14(10-17(2)3)12-7-6-11-5-4-8-16-13(11)9-12/h4-9,14-15H,10H2,1-3H3. The molecule has 0 bridgehead atoms. The minimum Gasteiger partial charge on any atom is -0.312 e. The van der Waals surface area contributed by atoms with Gasteiger partial charge in [0.1, 0.15) is 0 Å². The van der Waals surface area contributed by atoms with Gasteiger partial charge in [-0.05, 0) is 38.8 Å². The molecule has 1 aromatic heterocycles. The number of pyridine rings is 1. The smallest absolute Gasteiger partial charge is 0.0705 e. The Balaban J connectivity index is 2.34. The van der Waals surface area contributed by atoms with Crippen molar-refractivity contribution in [3.05, 3.63) is 42.1 Å². The first-order valence-corrected chi connectivity index (χ1v) is 5.87. The molecule has 0 aliphatic rings. The third kappa shape index (κ3) is 2.81. The molecule has 1 unspecified atom stereocenters. The van der Waals surface area contributed by atoms with Crippen molar-refractivity contribution in [2.75, 3.05) is 27.7 Å². The molecule has 0 fully saturated rings. The first-order chi connectivity index (χ1) is 8.20. The van der Waals surface area contributed by atoms with Crippen molar-refractivity contribution in [2.24, 2.45) is 0 Å². The molecule has 0 saturated carbocycles. The van der Waals surface area contributed by atoms with Gasteiger partial charge in [-0.15, -0.1) is 0 Å². The second-order valence-corrected chi connectivity index (χ2v) is 4.56. The highest BCUT2D eigenvalue weighted by atomic mass is 15.1. The zero-order valence-electron chi connectivity index (χ0n) is 10.6. The van der Waals surface area contributed by atoms with Crippen molar-refractivity contribution in [2.45, 2.75) is 6.04 Å². The quantitative estimate of drug-likeness (QED) is 0.869. The van der Waals surface area contributed by atoms with Crippen LogP contribution in [0.3, 0.4) is 0 Å². The van der Waals surface area contributed by atoms with E-state index in [4.69, 9.17) is 0 Å². The van der Waals surface area contributed by atoms with Crippen LogP contribution in [0.25, 0.3) is 10.9 Å². The van der Waals surface area contributed by atoms with Gasteiger partial charge in [0.05, 0.1) is 5.52 Å². The second kappa shape index (κ2) is 5.25. The van der Waals surface area contributed by atoms with Crippen molar-refractivity contribution in [3.8, 4) is 0 Å². The molecule has 2 rings (SSSR count). The van der Waals surface area contributed by atoms with Crippen LogP contribution in [0.4, 0.5) is 0 Å². The summed E-state index contributed by atoms with van der Waals surface area (Å²) < 4.78 is 0. The molecule has 17 heavy (non-hydrogen) atoms. The average Bonchev–Trinajstić information content (AvgIpc) is 2.35. The first kappa shape index (κ1) is 12.0. The predicted molar refractivity (Wildman–Crippen MR) is 72.1 cm³/mol. The van der Waals surface area contributed by atoms with E-state index in [9.17, 15) is 0 Å². The Labute approximate surface area is 102 Å². The summed E-state index contributed by atoms with van der Waals surface area (Å²) in [5.74, 6) is 0. The maximum Gasteiger partial charge on any atom is 0.0705 e. The minimum absolute atomic E-state index is 0.344. The predicted octanol–water partition coefficient (Wildman–Crippen LogP) is 2.06. The van der Waals surface area contributed by atoms with Crippen molar-refractivity contribution in [3.63, 3.8) is 0 Å². The van der Waals surface area contributed by atoms with Crippen LogP contribution < -0.4 is 5.32 Å². The zero-order chi connectivity index (χ0) is 12.3. The lowest BCUT2D eigenvalue weighted by Crippen LogP contribution is -2.28. The Morgan fingerprint density at radius 1 is 1.29 bits per heavy atom. The van der Waals surface area contributed by atoms with Crippen molar-refractivity contribution >= 4 is 10.9 Å². The number of nitrogens with one attached hydrogen (secondary N) is 1. The highest BCUT2D eigenvalue weighted by Crippen LogP contribution is 2.19. The molecule has 0 amide bonds. The third-order valence-electron chi connectivity index (χ3n) is 2.93. The van der Waals surface area contributed by atoms with Gasteiger partial charge in [0.2, 0.25) is 0 Å². The highest BCUT2D eigenvalue weighted by molar-refractivity contribution is 5.78. The molecule has 0 aliphatic heterocycles. The largest absolute Gasteiger partial charge is 0.312 e. The molecule has 3 heteroatoms. The van der Waals surface area contributed by atoms with E-state index in [0.717, 1.165) is 12.1 Å². The summed E-state index contributed by atoms with van der Waals surface area (Å²) in [6.07, 6.45) is 1.84. The van der Waals surface area contributed by atoms with Crippen LogP contribution in [0.2, 0.25) is 0 Å². The van der Waals surface area contributed by atoms with Gasteiger partial charge in [0, 0.05) is 24.2 Å². The topological polar surface area (TPSA) is 28.2 Å². The molecule has 1 atom stereocenters. The lowest BCUT2D eigenvalue weighted by Gasteiger charge is -2.21. The molecule has 0 spiro atoms. The Morgan fingerprint density at radius 2 is 2.12 bits per heavy atom. The number of likely N-dealkylation sites (N-methyl/N-ethyl adjacent to an activating group) is 2. The number of aromatic nitrogens is 1. The molecule has 1 heterocycles. The normalized spacial score (nSPS) is 13.2. The SMILES string of the molecule is CNC(CN(C)C)c1ccc2cccnc2c1. The van der Waals surface area contributed by atoms with Gasteiger partial charge in [-0.1, -0.05) is 18.2 Å². The monoisotopic (exact) mass is 229 g/mol. The first-order valence-electron chi connectivity index (χ1n) is 5.87. The van der Waals surface area contributed by atoms with Crippen LogP contribution in [0.15, 0.2) is 36.5 Å². The molecular weight excluding hydrogens is 210 g/mol. The van der Waals surface area contributed by atoms with Gasteiger partial charge < -0.3 is 10.2 Å². The lowest BCUT2D eigenvalue weighted by atomic mass is 10.0.